The van der Waals surface area contributed by atoms with E-state index >= 15 is 0 Å². The smallest absolute Gasteiger partial charge is 0.343 e. The molecule has 18 atom stereocenters. The number of carbonyl (C=O) groups excluding carboxylic acids is 2. The number of unbranched alkanes of at least 4 members (excludes halogenated alkanes) is 1. The van der Waals surface area contributed by atoms with E-state index < -0.39 is 102 Å². The van der Waals surface area contributed by atoms with Crippen LogP contribution in [-0.2, 0) is 60.4 Å². The second-order valence-electron chi connectivity index (χ2n) is 23.3. The number of carbonyl (C=O) groups is 2. The van der Waals surface area contributed by atoms with Crippen molar-refractivity contribution in [2.45, 2.75) is 225 Å². The van der Waals surface area contributed by atoms with Crippen LogP contribution < -0.4 is 5.43 Å². The first kappa shape index (κ1) is 64.7. The van der Waals surface area contributed by atoms with Gasteiger partial charge >= 0.3 is 11.9 Å². The van der Waals surface area contributed by atoms with Crippen LogP contribution in [0.15, 0.2) is 29.2 Å². The van der Waals surface area contributed by atoms with Crippen LogP contribution in [-0.4, -0.2) is 198 Å². The van der Waals surface area contributed by atoms with Crippen molar-refractivity contribution in [1.29, 1.82) is 0 Å². The Morgan fingerprint density at radius 2 is 1.61 bits per heavy atom. The lowest BCUT2D eigenvalue weighted by atomic mass is 9.77. The van der Waals surface area contributed by atoms with Crippen molar-refractivity contribution in [2.24, 2.45) is 17.8 Å². The maximum absolute atomic E-state index is 14.6. The Kier molecular flexibility index (Phi) is 23.5. The number of hydrogen-bond donors (Lipinski definition) is 4. The van der Waals surface area contributed by atoms with Crippen molar-refractivity contribution in [2.75, 3.05) is 61.2 Å². The predicted molar refractivity (Wildman–Crippen MR) is 292 cm³/mol. The van der Waals surface area contributed by atoms with Gasteiger partial charge in [0.15, 0.2) is 12.6 Å². The number of aryl methyl sites for hydroxylation is 2. The first-order chi connectivity index (χ1) is 36.1. The topological polar surface area (TPSA) is 227 Å². The number of likely N-dealkylation sites (N-methyl/N-ethyl adjacent to an activating group) is 2. The fourth-order valence-electron chi connectivity index (χ4n) is 12.1. The second-order valence-corrected chi connectivity index (χ2v) is 23.3. The number of cyclic esters (lactones) is 1. The molecule has 1 aromatic carbocycles. The van der Waals surface area contributed by atoms with Gasteiger partial charge in [0.25, 0.3) is 0 Å². The SMILES string of the molecule is CCOC(=O)c1cn(CC)c2ccc(CCCCOCCO[C@H]3[C@H](C)O[C@@H](O[C@H]4[C@H](C)[C@@H](O[C@@H]5O[C@H](C)C[C@H](N(C)C)[C@H]5O)[C@](C)(O)C[C@@H](C)CN(C)[C@H](C)[C@@H](O)[C@](C)(O)[C@@H](CC)OC(=O)[C@@H]4C)C[C@@]3(C)OC)cc2c1=O. The fraction of sp³-hybridized carbons (Fsp3) is 0.810. The number of pyridine rings is 1. The molecule has 0 aliphatic carbocycles. The fourth-order valence-corrected chi connectivity index (χ4v) is 12.1. The highest BCUT2D eigenvalue weighted by Gasteiger charge is 2.53. The number of nitrogens with zero attached hydrogens (tertiary/aromatic N) is 3. The van der Waals surface area contributed by atoms with E-state index in [4.69, 9.17) is 42.6 Å². The number of aliphatic hydroxyl groups excluding tert-OH is 2. The van der Waals surface area contributed by atoms with Crippen molar-refractivity contribution < 1.29 is 72.6 Å². The lowest BCUT2D eigenvalue weighted by Gasteiger charge is -2.49. The van der Waals surface area contributed by atoms with Gasteiger partial charge in [-0.25, -0.2) is 4.79 Å². The van der Waals surface area contributed by atoms with E-state index in [1.54, 1.807) is 41.0 Å². The van der Waals surface area contributed by atoms with Gasteiger partial charge in [-0.2, -0.15) is 0 Å². The molecule has 0 bridgehead atoms. The molecule has 19 heteroatoms. The van der Waals surface area contributed by atoms with Crippen LogP contribution in [0.5, 0.6) is 0 Å². The summed E-state index contributed by atoms with van der Waals surface area (Å²) in [5.74, 6) is -3.31. The lowest BCUT2D eigenvalue weighted by molar-refractivity contribution is -0.321. The molecule has 0 amide bonds. The third-order valence-corrected chi connectivity index (χ3v) is 16.7. The molecular weight excluding hydrogens is 995 g/mol. The van der Waals surface area contributed by atoms with Gasteiger partial charge in [-0.15, -0.1) is 0 Å². The average molecular weight is 1090 g/mol. The predicted octanol–water partition coefficient (Wildman–Crippen LogP) is 5.48. The Labute approximate surface area is 458 Å². The number of benzene rings is 1. The Bertz CT molecular complexity index is 2260. The summed E-state index contributed by atoms with van der Waals surface area (Å²) < 4.78 is 58.6. The minimum atomic E-state index is -1.83. The average Bonchev–Trinajstić information content (AvgIpc) is 3.37. The summed E-state index contributed by atoms with van der Waals surface area (Å²) in [7, 11) is 7.23. The maximum atomic E-state index is 14.6. The van der Waals surface area contributed by atoms with E-state index in [0.717, 1.165) is 30.3 Å². The van der Waals surface area contributed by atoms with Gasteiger partial charge in [-0.1, -0.05) is 26.8 Å². The van der Waals surface area contributed by atoms with E-state index in [2.05, 4.69) is 0 Å². The third-order valence-electron chi connectivity index (χ3n) is 16.7. The molecule has 3 aliphatic rings. The summed E-state index contributed by atoms with van der Waals surface area (Å²) in [4.78, 5) is 44.3. The second kappa shape index (κ2) is 28.0. The highest BCUT2D eigenvalue weighted by atomic mass is 16.7. The van der Waals surface area contributed by atoms with E-state index in [-0.39, 0.29) is 61.5 Å². The standard InChI is InChI=1S/C58H97N3O16/c1-17-45-58(12,68)50(64)38(8)60(15)32-34(4)30-56(10,67)51(77-55-48(63)44(59(13)14)28-35(5)73-55)36(6)49(37(7)53(65)75-45)76-46-31-57(11,69-16)52(39(9)74-46)72-27-26-70-25-21-20-22-40-23-24-43-41(29-40)47(62)42(33-61(43)18-2)54(66)71-19-3/h23-24,29,33-39,44-46,48-52,55,63-64,67-68H,17-22,25-28,30-32H2,1-16H3/t34-,35-,36+,37-,38-,39+,44+,45-,46+,48-,49+,50-,51-,52+,55+,56-,57-,58-/m1/s1. The van der Waals surface area contributed by atoms with Gasteiger partial charge in [-0.05, 0) is 146 Å². The molecule has 77 heavy (non-hydrogen) atoms. The molecule has 19 nitrogen and oxygen atoms in total. The Morgan fingerprint density at radius 3 is 2.25 bits per heavy atom. The van der Waals surface area contributed by atoms with Crippen molar-refractivity contribution in [3.8, 4) is 0 Å². The molecule has 3 fully saturated rings. The largest absolute Gasteiger partial charge is 0.462 e. The molecule has 3 saturated heterocycles. The van der Waals surface area contributed by atoms with Gasteiger partial charge < -0.3 is 77.4 Å². The van der Waals surface area contributed by atoms with Crippen LogP contribution >= 0.6 is 0 Å². The molecule has 4 N–H and O–H groups in total. The normalized spacial score (nSPS) is 37.3. The molecule has 5 rings (SSSR count). The number of ether oxygens (including phenoxy) is 9. The zero-order chi connectivity index (χ0) is 57.3. The number of fused-ring (bicyclic) bond motifs is 1. The van der Waals surface area contributed by atoms with Crippen LogP contribution in [0.25, 0.3) is 10.9 Å². The van der Waals surface area contributed by atoms with Crippen LogP contribution in [0.3, 0.4) is 0 Å². The van der Waals surface area contributed by atoms with Crippen molar-refractivity contribution in [1.82, 2.24) is 14.4 Å². The van der Waals surface area contributed by atoms with Crippen molar-refractivity contribution >= 4 is 22.8 Å². The Balaban J connectivity index is 1.31. The van der Waals surface area contributed by atoms with Crippen LogP contribution in [0, 0.1) is 17.8 Å². The molecule has 440 valence electrons. The van der Waals surface area contributed by atoms with Crippen LogP contribution in [0.2, 0.25) is 0 Å². The molecule has 0 radical (unpaired) electrons. The molecule has 4 heterocycles. The summed E-state index contributed by atoms with van der Waals surface area (Å²) in [5.41, 5.74) is -2.91. The number of methoxy groups -OCH3 is 1. The maximum Gasteiger partial charge on any atom is 0.343 e. The summed E-state index contributed by atoms with van der Waals surface area (Å²) >= 11 is 0. The van der Waals surface area contributed by atoms with E-state index in [1.165, 1.54) is 6.92 Å². The van der Waals surface area contributed by atoms with Crippen LogP contribution in [0.4, 0.5) is 0 Å². The monoisotopic (exact) mass is 1090 g/mol. The molecule has 2 aromatic rings. The Hall–Kier alpha value is -3.15. The van der Waals surface area contributed by atoms with Gasteiger partial charge in [-0.3, -0.25) is 9.59 Å². The summed E-state index contributed by atoms with van der Waals surface area (Å²) in [6.45, 7) is 23.9. The quantitative estimate of drug-likeness (QED) is 0.101. The summed E-state index contributed by atoms with van der Waals surface area (Å²) in [6.07, 6.45) is -4.06. The van der Waals surface area contributed by atoms with E-state index in [0.29, 0.717) is 38.1 Å². The summed E-state index contributed by atoms with van der Waals surface area (Å²) in [5, 5.41) is 48.7. The Morgan fingerprint density at radius 1 is 0.909 bits per heavy atom. The van der Waals surface area contributed by atoms with Crippen molar-refractivity contribution in [3.63, 3.8) is 0 Å². The zero-order valence-corrected chi connectivity index (χ0v) is 49.2. The molecule has 1 aromatic heterocycles. The van der Waals surface area contributed by atoms with Gasteiger partial charge in [0.05, 0.1) is 66.9 Å². The molecular formula is C58H97N3O16. The molecule has 0 unspecified atom stereocenters. The van der Waals surface area contributed by atoms with Gasteiger partial charge in [0.1, 0.15) is 35.6 Å². The summed E-state index contributed by atoms with van der Waals surface area (Å²) in [6, 6.07) is 4.95. The van der Waals surface area contributed by atoms with Crippen LogP contribution in [0.1, 0.15) is 138 Å². The van der Waals surface area contributed by atoms with Crippen molar-refractivity contribution in [3.05, 3.63) is 45.7 Å². The van der Waals surface area contributed by atoms with E-state index in [1.807, 2.05) is 102 Å². The lowest BCUT2D eigenvalue weighted by Crippen LogP contribution is -2.61. The first-order valence-electron chi connectivity index (χ1n) is 28.2. The highest BCUT2D eigenvalue weighted by Crippen LogP contribution is 2.41. The zero-order valence-electron chi connectivity index (χ0n) is 49.2. The number of rotatable bonds is 19. The third kappa shape index (κ3) is 15.7. The molecule has 0 spiro atoms. The molecule has 3 aliphatic heterocycles. The first-order valence-corrected chi connectivity index (χ1v) is 28.2. The van der Waals surface area contributed by atoms with Gasteiger partial charge in [0.2, 0.25) is 5.43 Å². The molecule has 0 saturated carbocycles. The minimum absolute atomic E-state index is 0.0306. The number of esters is 2. The highest BCUT2D eigenvalue weighted by molar-refractivity contribution is 5.94. The minimum Gasteiger partial charge on any atom is -0.462 e. The van der Waals surface area contributed by atoms with Gasteiger partial charge in [0, 0.05) is 62.8 Å². The number of hydrogen-bond acceptors (Lipinski definition) is 18. The number of aromatic nitrogens is 1. The van der Waals surface area contributed by atoms with E-state index in [9.17, 15) is 34.8 Å². The number of aliphatic hydroxyl groups is 4.